The number of methoxy groups -OCH3 is 1. The highest BCUT2D eigenvalue weighted by Crippen LogP contribution is 2.48. The number of ether oxygens (including phenoxy) is 2. The van der Waals surface area contributed by atoms with Crippen LogP contribution in [0.15, 0.2) is 29.0 Å². The summed E-state index contributed by atoms with van der Waals surface area (Å²) in [6.07, 6.45) is 2.70. The smallest absolute Gasteiger partial charge is 0.317 e. The van der Waals surface area contributed by atoms with Gasteiger partial charge in [0.2, 0.25) is 0 Å². The predicted molar refractivity (Wildman–Crippen MR) is 98.4 cm³/mol. The van der Waals surface area contributed by atoms with E-state index in [1.165, 1.54) is 31.6 Å². The van der Waals surface area contributed by atoms with Crippen LogP contribution in [-0.4, -0.2) is 47.1 Å². The number of nitrogens with zero attached hydrogens (tertiary/aromatic N) is 1. The first kappa shape index (κ1) is 20.2. The van der Waals surface area contributed by atoms with Crippen LogP contribution in [0.25, 0.3) is 10.6 Å². The van der Waals surface area contributed by atoms with E-state index in [4.69, 9.17) is 13.9 Å². The molecule has 2 aromatic heterocycles. The van der Waals surface area contributed by atoms with Crippen LogP contribution < -0.4 is 0 Å². The molecule has 0 aliphatic heterocycles. The van der Waals surface area contributed by atoms with Crippen molar-refractivity contribution in [2.75, 3.05) is 13.7 Å². The molecule has 4 unspecified atom stereocenters. The number of aliphatic hydroxyl groups is 1. The highest BCUT2D eigenvalue weighted by atomic mass is 32.1. The van der Waals surface area contributed by atoms with E-state index in [-0.39, 0.29) is 13.0 Å². The number of hydrogen-bond donors (Lipinski definition) is 1. The van der Waals surface area contributed by atoms with Gasteiger partial charge in [-0.3, -0.25) is 14.4 Å². The Bertz CT molecular complexity index is 871. The molecule has 0 saturated heterocycles. The average Bonchev–Trinajstić information content (AvgIpc) is 3.31. The number of carbonyl (C=O) groups excluding carboxylic acids is 3. The highest BCUT2D eigenvalue weighted by molar-refractivity contribution is 7.15. The zero-order valence-electron chi connectivity index (χ0n) is 15.7. The molecule has 0 amide bonds. The van der Waals surface area contributed by atoms with Gasteiger partial charge in [-0.2, -0.15) is 0 Å². The first-order valence-electron chi connectivity index (χ1n) is 8.79. The van der Waals surface area contributed by atoms with Gasteiger partial charge in [-0.1, -0.05) is 0 Å². The molecule has 0 aromatic carbocycles. The minimum Gasteiger partial charge on any atom is -0.469 e. The number of rotatable bonds is 5. The number of furan rings is 1. The van der Waals surface area contributed by atoms with Gasteiger partial charge in [-0.15, -0.1) is 11.3 Å². The molecule has 150 valence electrons. The zero-order valence-corrected chi connectivity index (χ0v) is 16.5. The zero-order chi connectivity index (χ0) is 20.5. The van der Waals surface area contributed by atoms with E-state index < -0.39 is 41.1 Å². The van der Waals surface area contributed by atoms with Crippen LogP contribution >= 0.6 is 11.3 Å². The number of hydrogen-bond acceptors (Lipinski definition) is 9. The second-order valence-corrected chi connectivity index (χ2v) is 7.86. The Morgan fingerprint density at radius 3 is 2.79 bits per heavy atom. The summed E-state index contributed by atoms with van der Waals surface area (Å²) in [6.45, 7) is 3.11. The number of aromatic nitrogens is 1. The van der Waals surface area contributed by atoms with Crippen molar-refractivity contribution in [2.24, 2.45) is 11.8 Å². The molecule has 1 aliphatic rings. The van der Waals surface area contributed by atoms with Crippen molar-refractivity contribution >= 4 is 29.1 Å². The van der Waals surface area contributed by atoms with Crippen molar-refractivity contribution in [3.05, 3.63) is 29.6 Å². The molecule has 1 N–H and O–H groups in total. The predicted octanol–water partition coefficient (Wildman–Crippen LogP) is 2.18. The Morgan fingerprint density at radius 2 is 2.18 bits per heavy atom. The summed E-state index contributed by atoms with van der Waals surface area (Å²) in [6, 6.07) is 3.47. The van der Waals surface area contributed by atoms with E-state index in [1.807, 2.05) is 0 Å². The third kappa shape index (κ3) is 3.59. The van der Waals surface area contributed by atoms with Gasteiger partial charge >= 0.3 is 11.9 Å². The van der Waals surface area contributed by atoms with Crippen molar-refractivity contribution in [3.63, 3.8) is 0 Å². The number of carbonyl (C=O) groups is 3. The van der Waals surface area contributed by atoms with E-state index in [1.54, 1.807) is 25.3 Å². The van der Waals surface area contributed by atoms with Crippen LogP contribution in [0.5, 0.6) is 0 Å². The SMILES string of the molecule is CCOC(=O)C1C(=O)CC(C)(O)C(C(=O)OC)C1c1ncc(-c2ccco2)s1. The Kier molecular flexibility index (Phi) is 5.66. The summed E-state index contributed by atoms with van der Waals surface area (Å²) in [7, 11) is 1.20. The van der Waals surface area contributed by atoms with Gasteiger partial charge < -0.3 is 19.0 Å². The molecule has 9 heteroatoms. The summed E-state index contributed by atoms with van der Waals surface area (Å²) in [5, 5.41) is 11.2. The number of esters is 2. The molecule has 28 heavy (non-hydrogen) atoms. The Balaban J connectivity index is 2.11. The third-order valence-electron chi connectivity index (χ3n) is 4.84. The van der Waals surface area contributed by atoms with Crippen molar-refractivity contribution in [1.29, 1.82) is 0 Å². The van der Waals surface area contributed by atoms with Gasteiger partial charge in [0.05, 0.1) is 41.4 Å². The molecule has 4 atom stereocenters. The van der Waals surface area contributed by atoms with Gasteiger partial charge in [0.25, 0.3) is 0 Å². The van der Waals surface area contributed by atoms with Crippen molar-refractivity contribution in [2.45, 2.75) is 31.8 Å². The van der Waals surface area contributed by atoms with Gasteiger partial charge in [0, 0.05) is 18.5 Å². The van der Waals surface area contributed by atoms with E-state index in [0.29, 0.717) is 15.6 Å². The summed E-state index contributed by atoms with van der Waals surface area (Å²) in [5.41, 5.74) is -1.69. The average molecular weight is 407 g/mol. The largest absolute Gasteiger partial charge is 0.469 e. The summed E-state index contributed by atoms with van der Waals surface area (Å²) >= 11 is 1.19. The summed E-state index contributed by atoms with van der Waals surface area (Å²) in [5.74, 6) is -4.79. The molecular formula is C19H21NO7S. The first-order chi connectivity index (χ1) is 13.3. The molecule has 1 aliphatic carbocycles. The molecular weight excluding hydrogens is 386 g/mol. The molecule has 0 bridgehead atoms. The second-order valence-electron chi connectivity index (χ2n) is 6.80. The summed E-state index contributed by atoms with van der Waals surface area (Å²) < 4.78 is 15.3. The monoisotopic (exact) mass is 407 g/mol. The molecule has 2 heterocycles. The first-order valence-corrected chi connectivity index (χ1v) is 9.61. The number of Topliss-reactive ketones (excluding diaryl/α,β-unsaturated/α-hetero) is 1. The van der Waals surface area contributed by atoms with Crippen LogP contribution in [0.3, 0.4) is 0 Å². The molecule has 0 radical (unpaired) electrons. The number of thiazole rings is 1. The Labute approximate surface area is 165 Å². The van der Waals surface area contributed by atoms with Gasteiger partial charge in [0.1, 0.15) is 11.7 Å². The minimum absolute atomic E-state index is 0.0874. The van der Waals surface area contributed by atoms with Crippen LogP contribution in [-0.2, 0) is 23.9 Å². The lowest BCUT2D eigenvalue weighted by atomic mass is 9.64. The van der Waals surface area contributed by atoms with E-state index in [9.17, 15) is 19.5 Å². The van der Waals surface area contributed by atoms with Crippen LogP contribution in [0.4, 0.5) is 0 Å². The van der Waals surface area contributed by atoms with Gasteiger partial charge in [-0.05, 0) is 26.0 Å². The quantitative estimate of drug-likeness (QED) is 0.592. The lowest BCUT2D eigenvalue weighted by molar-refractivity contribution is -0.171. The minimum atomic E-state index is -1.69. The van der Waals surface area contributed by atoms with Crippen molar-refractivity contribution in [1.82, 2.24) is 4.98 Å². The molecule has 3 rings (SSSR count). The normalized spacial score (nSPS) is 27.4. The topological polar surface area (TPSA) is 116 Å². The Hall–Kier alpha value is -2.52. The van der Waals surface area contributed by atoms with Crippen molar-refractivity contribution in [3.8, 4) is 10.6 Å². The lowest BCUT2D eigenvalue weighted by Gasteiger charge is -2.42. The van der Waals surface area contributed by atoms with Crippen LogP contribution in [0.2, 0.25) is 0 Å². The van der Waals surface area contributed by atoms with Crippen LogP contribution in [0, 0.1) is 11.8 Å². The standard InChI is InChI=1S/C19H21NO7S/c1-4-26-17(22)13-10(21)8-19(2,24)15(18(23)25-3)14(13)16-20-9-12(28-16)11-6-5-7-27-11/h5-7,9,13-15,24H,4,8H2,1-3H3. The highest BCUT2D eigenvalue weighted by Gasteiger charge is 2.58. The van der Waals surface area contributed by atoms with Crippen LogP contribution in [0.1, 0.15) is 31.2 Å². The van der Waals surface area contributed by atoms with Gasteiger partial charge in [0.15, 0.2) is 5.78 Å². The van der Waals surface area contributed by atoms with E-state index in [2.05, 4.69) is 4.98 Å². The molecule has 8 nitrogen and oxygen atoms in total. The molecule has 1 saturated carbocycles. The lowest BCUT2D eigenvalue weighted by Crippen LogP contribution is -2.55. The van der Waals surface area contributed by atoms with Crippen molar-refractivity contribution < 1.29 is 33.4 Å². The fourth-order valence-corrected chi connectivity index (χ4v) is 4.71. The molecule has 1 fully saturated rings. The maximum atomic E-state index is 12.7. The fraction of sp³-hybridized carbons (Fsp3) is 0.474. The number of ketones is 1. The molecule has 0 spiro atoms. The van der Waals surface area contributed by atoms with E-state index >= 15 is 0 Å². The maximum absolute atomic E-state index is 12.7. The fourth-order valence-electron chi connectivity index (χ4n) is 3.65. The van der Waals surface area contributed by atoms with Gasteiger partial charge in [-0.25, -0.2) is 4.98 Å². The molecule has 2 aromatic rings. The summed E-state index contributed by atoms with van der Waals surface area (Å²) in [4.78, 5) is 42.9. The third-order valence-corrected chi connectivity index (χ3v) is 5.95. The van der Waals surface area contributed by atoms with E-state index in [0.717, 1.165) is 0 Å². The maximum Gasteiger partial charge on any atom is 0.317 e. The Morgan fingerprint density at radius 1 is 1.43 bits per heavy atom. The second kappa shape index (κ2) is 7.84.